The summed E-state index contributed by atoms with van der Waals surface area (Å²) in [4.78, 5) is 14.0. The summed E-state index contributed by atoms with van der Waals surface area (Å²) < 4.78 is 5.80. The molecule has 0 bridgehead atoms. The Kier molecular flexibility index (Phi) is 3.00. The SMILES string of the molecule is CCOC1CC(NC(=O)N(C)C2CC2)C12CCC2. The predicted octanol–water partition coefficient (Wildman–Crippen LogP) is 2.14. The molecule has 4 heteroatoms. The minimum Gasteiger partial charge on any atom is -0.378 e. The maximum atomic E-state index is 12.1. The molecule has 0 aromatic heterocycles. The van der Waals surface area contributed by atoms with Crippen molar-refractivity contribution in [3.63, 3.8) is 0 Å². The highest BCUT2D eigenvalue weighted by atomic mass is 16.5. The van der Waals surface area contributed by atoms with E-state index in [2.05, 4.69) is 12.2 Å². The van der Waals surface area contributed by atoms with Crippen LogP contribution >= 0.6 is 0 Å². The van der Waals surface area contributed by atoms with Gasteiger partial charge in [0.2, 0.25) is 0 Å². The first-order valence-electron chi connectivity index (χ1n) is 7.32. The Morgan fingerprint density at radius 3 is 2.67 bits per heavy atom. The van der Waals surface area contributed by atoms with Crippen LogP contribution in [0.25, 0.3) is 0 Å². The summed E-state index contributed by atoms with van der Waals surface area (Å²) in [6.07, 6.45) is 7.44. The van der Waals surface area contributed by atoms with E-state index in [4.69, 9.17) is 4.74 Å². The van der Waals surface area contributed by atoms with E-state index >= 15 is 0 Å². The van der Waals surface area contributed by atoms with Gasteiger partial charge < -0.3 is 15.0 Å². The van der Waals surface area contributed by atoms with Gasteiger partial charge in [-0.2, -0.15) is 0 Å². The highest BCUT2D eigenvalue weighted by Gasteiger charge is 2.59. The van der Waals surface area contributed by atoms with Gasteiger partial charge in [0.25, 0.3) is 0 Å². The van der Waals surface area contributed by atoms with Gasteiger partial charge in [-0.25, -0.2) is 4.79 Å². The van der Waals surface area contributed by atoms with Crippen molar-refractivity contribution < 1.29 is 9.53 Å². The maximum Gasteiger partial charge on any atom is 0.317 e. The molecule has 18 heavy (non-hydrogen) atoms. The summed E-state index contributed by atoms with van der Waals surface area (Å²) in [6.45, 7) is 2.84. The Morgan fingerprint density at radius 2 is 2.17 bits per heavy atom. The number of nitrogens with one attached hydrogen (secondary N) is 1. The summed E-state index contributed by atoms with van der Waals surface area (Å²) in [5, 5.41) is 3.23. The van der Waals surface area contributed by atoms with Crippen LogP contribution in [0.3, 0.4) is 0 Å². The van der Waals surface area contributed by atoms with Gasteiger partial charge >= 0.3 is 6.03 Å². The molecule has 4 nitrogen and oxygen atoms in total. The van der Waals surface area contributed by atoms with Gasteiger partial charge in [0.15, 0.2) is 0 Å². The first kappa shape index (κ1) is 12.3. The molecule has 0 heterocycles. The second kappa shape index (κ2) is 4.41. The number of ether oxygens (including phenoxy) is 1. The van der Waals surface area contributed by atoms with Gasteiger partial charge in [-0.15, -0.1) is 0 Å². The van der Waals surface area contributed by atoms with Crippen LogP contribution in [0.15, 0.2) is 0 Å². The van der Waals surface area contributed by atoms with Crippen LogP contribution in [0.2, 0.25) is 0 Å². The average Bonchev–Trinajstić information content (AvgIpc) is 3.07. The molecule has 2 atom stereocenters. The number of carbonyl (C=O) groups excluding carboxylic acids is 1. The van der Waals surface area contributed by atoms with Crippen molar-refractivity contribution in [3.05, 3.63) is 0 Å². The second-order valence-electron chi connectivity index (χ2n) is 6.11. The Bertz CT molecular complexity index is 337. The summed E-state index contributed by atoms with van der Waals surface area (Å²) in [5.41, 5.74) is 0.274. The van der Waals surface area contributed by atoms with Crippen molar-refractivity contribution in [2.75, 3.05) is 13.7 Å². The van der Waals surface area contributed by atoms with E-state index in [0.717, 1.165) is 13.0 Å². The largest absolute Gasteiger partial charge is 0.378 e. The van der Waals surface area contributed by atoms with Gasteiger partial charge in [-0.1, -0.05) is 6.42 Å². The van der Waals surface area contributed by atoms with Gasteiger partial charge in [-0.05, 0) is 39.0 Å². The molecule has 0 saturated heterocycles. The smallest absolute Gasteiger partial charge is 0.317 e. The molecule has 1 spiro atoms. The van der Waals surface area contributed by atoms with E-state index in [1.54, 1.807) is 0 Å². The quantitative estimate of drug-likeness (QED) is 0.833. The monoisotopic (exact) mass is 252 g/mol. The zero-order valence-corrected chi connectivity index (χ0v) is 11.4. The maximum absolute atomic E-state index is 12.1. The van der Waals surface area contributed by atoms with E-state index < -0.39 is 0 Å². The van der Waals surface area contributed by atoms with Crippen LogP contribution in [-0.2, 0) is 4.74 Å². The lowest BCUT2D eigenvalue weighted by Crippen LogP contribution is -2.68. The molecule has 0 aliphatic heterocycles. The number of urea groups is 1. The van der Waals surface area contributed by atoms with Crippen molar-refractivity contribution >= 4 is 6.03 Å². The third-order valence-electron chi connectivity index (χ3n) is 5.15. The zero-order valence-electron chi connectivity index (χ0n) is 11.4. The molecule has 2 amide bonds. The molecule has 0 aromatic rings. The highest BCUT2D eigenvalue weighted by molar-refractivity contribution is 5.75. The predicted molar refractivity (Wildman–Crippen MR) is 69.4 cm³/mol. The van der Waals surface area contributed by atoms with Crippen LogP contribution in [0, 0.1) is 5.41 Å². The molecule has 3 rings (SSSR count). The molecule has 3 saturated carbocycles. The average molecular weight is 252 g/mol. The normalized spacial score (nSPS) is 32.6. The summed E-state index contributed by atoms with van der Waals surface area (Å²) >= 11 is 0. The van der Waals surface area contributed by atoms with E-state index in [-0.39, 0.29) is 11.4 Å². The third-order valence-corrected chi connectivity index (χ3v) is 5.15. The van der Waals surface area contributed by atoms with Crippen LogP contribution in [-0.4, -0.2) is 42.8 Å². The van der Waals surface area contributed by atoms with Crippen LogP contribution in [0.1, 0.15) is 45.4 Å². The molecule has 1 N–H and O–H groups in total. The summed E-state index contributed by atoms with van der Waals surface area (Å²) in [6, 6.07) is 0.949. The first-order valence-corrected chi connectivity index (χ1v) is 7.32. The minimum atomic E-state index is 0.115. The summed E-state index contributed by atoms with van der Waals surface area (Å²) in [7, 11) is 1.92. The fourth-order valence-electron chi connectivity index (χ4n) is 3.52. The van der Waals surface area contributed by atoms with Gasteiger partial charge in [0, 0.05) is 31.2 Å². The lowest BCUT2D eigenvalue weighted by Gasteiger charge is -2.61. The topological polar surface area (TPSA) is 41.6 Å². The Hall–Kier alpha value is -0.770. The Labute approximate surface area is 109 Å². The second-order valence-corrected chi connectivity index (χ2v) is 6.11. The molecule has 0 radical (unpaired) electrons. The molecule has 102 valence electrons. The van der Waals surface area contributed by atoms with Crippen molar-refractivity contribution in [2.24, 2.45) is 5.41 Å². The van der Waals surface area contributed by atoms with Crippen molar-refractivity contribution in [2.45, 2.75) is 63.6 Å². The van der Waals surface area contributed by atoms with Crippen molar-refractivity contribution in [1.82, 2.24) is 10.2 Å². The standard InChI is InChI=1S/C14H24N2O2/c1-3-18-12-9-11(14(12)7-4-8-14)15-13(17)16(2)10-5-6-10/h10-12H,3-9H2,1-2H3,(H,15,17). The van der Waals surface area contributed by atoms with E-state index in [1.165, 1.54) is 32.1 Å². The number of carbonyl (C=O) groups is 1. The highest BCUT2D eigenvalue weighted by Crippen LogP contribution is 2.57. The first-order chi connectivity index (χ1) is 8.67. The molecule has 3 fully saturated rings. The molecule has 3 aliphatic rings. The summed E-state index contributed by atoms with van der Waals surface area (Å²) in [5.74, 6) is 0. The zero-order chi connectivity index (χ0) is 12.8. The van der Waals surface area contributed by atoms with Crippen LogP contribution < -0.4 is 5.32 Å². The van der Waals surface area contributed by atoms with E-state index in [0.29, 0.717) is 18.2 Å². The van der Waals surface area contributed by atoms with E-state index in [1.807, 2.05) is 11.9 Å². The van der Waals surface area contributed by atoms with Crippen LogP contribution in [0.5, 0.6) is 0 Å². The van der Waals surface area contributed by atoms with Gasteiger partial charge in [0.1, 0.15) is 0 Å². The molecule has 2 unspecified atom stereocenters. The number of rotatable bonds is 4. The van der Waals surface area contributed by atoms with Gasteiger partial charge in [-0.3, -0.25) is 0 Å². The third kappa shape index (κ3) is 1.81. The number of amides is 2. The number of hydrogen-bond donors (Lipinski definition) is 1. The Balaban J connectivity index is 1.55. The van der Waals surface area contributed by atoms with Gasteiger partial charge in [0.05, 0.1) is 6.10 Å². The van der Waals surface area contributed by atoms with Crippen molar-refractivity contribution in [1.29, 1.82) is 0 Å². The van der Waals surface area contributed by atoms with E-state index in [9.17, 15) is 4.79 Å². The number of hydrogen-bond acceptors (Lipinski definition) is 2. The molecular weight excluding hydrogens is 228 g/mol. The molecule has 0 aromatic carbocycles. The Morgan fingerprint density at radius 1 is 1.44 bits per heavy atom. The lowest BCUT2D eigenvalue weighted by atomic mass is 9.51. The lowest BCUT2D eigenvalue weighted by molar-refractivity contribution is -0.169. The van der Waals surface area contributed by atoms with Crippen LogP contribution in [0.4, 0.5) is 4.79 Å². The number of nitrogens with zero attached hydrogens (tertiary/aromatic N) is 1. The fraction of sp³-hybridized carbons (Fsp3) is 0.929. The molecular formula is C14H24N2O2. The fourth-order valence-corrected chi connectivity index (χ4v) is 3.52. The minimum absolute atomic E-state index is 0.115. The van der Waals surface area contributed by atoms with Crippen molar-refractivity contribution in [3.8, 4) is 0 Å². The molecule has 3 aliphatic carbocycles.